The van der Waals surface area contributed by atoms with E-state index < -0.39 is 0 Å². The molecule has 0 bridgehead atoms. The van der Waals surface area contributed by atoms with Crippen LogP contribution in [0.25, 0.3) is 21.8 Å². The van der Waals surface area contributed by atoms with Gasteiger partial charge < -0.3 is 14.8 Å². The minimum atomic E-state index is 0.00389. The Morgan fingerprint density at radius 1 is 1.07 bits per heavy atom. The fraction of sp³-hybridized carbons (Fsp3) is 0.286. The Bertz CT molecular complexity index is 1170. The van der Waals surface area contributed by atoms with Crippen molar-refractivity contribution in [3.05, 3.63) is 47.9 Å². The van der Waals surface area contributed by atoms with Crippen LogP contribution in [-0.2, 0) is 7.05 Å². The summed E-state index contributed by atoms with van der Waals surface area (Å²) < 4.78 is 12.7. The van der Waals surface area contributed by atoms with Crippen LogP contribution in [0.3, 0.4) is 0 Å². The van der Waals surface area contributed by atoms with E-state index in [2.05, 4.69) is 45.5 Å². The maximum Gasteiger partial charge on any atom is 0.162 e. The van der Waals surface area contributed by atoms with E-state index in [4.69, 9.17) is 9.47 Å². The highest BCUT2D eigenvalue weighted by Gasteiger charge is 2.16. The lowest BCUT2D eigenvalue weighted by Gasteiger charge is -2.18. The second-order valence-corrected chi connectivity index (χ2v) is 6.80. The number of aromatic nitrogens is 4. The molecule has 0 radical (unpaired) electrons. The number of nitrogens with zero attached hydrogens (tertiary/aromatic N) is 4. The number of nitrogens with one attached hydrogen (secondary N) is 1. The zero-order chi connectivity index (χ0) is 19.8. The van der Waals surface area contributed by atoms with Gasteiger partial charge in [-0.2, -0.15) is 5.10 Å². The van der Waals surface area contributed by atoms with E-state index in [1.807, 2.05) is 37.0 Å². The molecule has 2 aromatic carbocycles. The van der Waals surface area contributed by atoms with Gasteiger partial charge in [-0.05, 0) is 19.9 Å². The third-order valence-electron chi connectivity index (χ3n) is 4.81. The summed E-state index contributed by atoms with van der Waals surface area (Å²) in [6.07, 6.45) is 2.02. The predicted molar refractivity (Wildman–Crippen MR) is 110 cm³/mol. The predicted octanol–water partition coefficient (Wildman–Crippen LogP) is 4.02. The van der Waals surface area contributed by atoms with E-state index in [1.54, 1.807) is 14.2 Å². The monoisotopic (exact) mass is 377 g/mol. The first-order chi connectivity index (χ1) is 13.5. The number of aryl methyl sites for hydroxylation is 2. The second kappa shape index (κ2) is 6.99. The Morgan fingerprint density at radius 3 is 2.57 bits per heavy atom. The standard InChI is InChI=1S/C21H23N5O2/c1-12(15-8-6-7-14-11-26(3)25-20(14)15)22-21-16-9-18(27-4)19(28-5)10-17(16)23-13(2)24-21/h6-12H,1-5H3,(H,22,23,24). The summed E-state index contributed by atoms with van der Waals surface area (Å²) in [5, 5.41) is 10.1. The molecular weight excluding hydrogens is 354 g/mol. The third-order valence-corrected chi connectivity index (χ3v) is 4.81. The lowest BCUT2D eigenvalue weighted by Crippen LogP contribution is -2.10. The third kappa shape index (κ3) is 3.09. The minimum absolute atomic E-state index is 0.00389. The Morgan fingerprint density at radius 2 is 1.82 bits per heavy atom. The van der Waals surface area contributed by atoms with E-state index in [-0.39, 0.29) is 6.04 Å². The van der Waals surface area contributed by atoms with Gasteiger partial charge in [-0.3, -0.25) is 4.68 Å². The van der Waals surface area contributed by atoms with Crippen LogP contribution in [0.4, 0.5) is 5.82 Å². The first kappa shape index (κ1) is 18.0. The topological polar surface area (TPSA) is 74.1 Å². The van der Waals surface area contributed by atoms with Gasteiger partial charge in [0.25, 0.3) is 0 Å². The fourth-order valence-electron chi connectivity index (χ4n) is 3.50. The summed E-state index contributed by atoms with van der Waals surface area (Å²) >= 11 is 0. The Kier molecular flexibility index (Phi) is 4.50. The molecule has 2 aromatic heterocycles. The Labute approximate surface area is 163 Å². The molecule has 144 valence electrons. The van der Waals surface area contributed by atoms with Crippen LogP contribution in [0.15, 0.2) is 36.5 Å². The van der Waals surface area contributed by atoms with Crippen molar-refractivity contribution in [3.63, 3.8) is 0 Å². The van der Waals surface area contributed by atoms with Gasteiger partial charge in [0.2, 0.25) is 0 Å². The first-order valence-corrected chi connectivity index (χ1v) is 9.09. The number of benzene rings is 2. The Hall–Kier alpha value is -3.35. The van der Waals surface area contributed by atoms with Crippen LogP contribution in [0.5, 0.6) is 11.5 Å². The average Bonchev–Trinajstić information content (AvgIpc) is 3.06. The molecule has 1 atom stereocenters. The maximum atomic E-state index is 5.46. The van der Waals surface area contributed by atoms with Gasteiger partial charge >= 0.3 is 0 Å². The minimum Gasteiger partial charge on any atom is -0.493 e. The molecule has 1 unspecified atom stereocenters. The number of anilines is 1. The Balaban J connectivity index is 1.80. The zero-order valence-corrected chi connectivity index (χ0v) is 16.6. The molecule has 1 N–H and O–H groups in total. The molecule has 7 heteroatoms. The maximum absolute atomic E-state index is 5.46. The number of ether oxygens (including phenoxy) is 2. The van der Waals surface area contributed by atoms with Crippen LogP contribution in [0.2, 0.25) is 0 Å². The first-order valence-electron chi connectivity index (χ1n) is 9.09. The molecule has 0 amide bonds. The molecular formula is C21H23N5O2. The number of fused-ring (bicyclic) bond motifs is 2. The van der Waals surface area contributed by atoms with Gasteiger partial charge in [-0.1, -0.05) is 18.2 Å². The highest BCUT2D eigenvalue weighted by molar-refractivity contribution is 5.92. The van der Waals surface area contributed by atoms with Crippen LogP contribution in [-0.4, -0.2) is 34.0 Å². The molecule has 0 fully saturated rings. The van der Waals surface area contributed by atoms with Gasteiger partial charge in [-0.15, -0.1) is 0 Å². The van der Waals surface area contributed by atoms with Gasteiger partial charge in [0.05, 0.1) is 31.3 Å². The summed E-state index contributed by atoms with van der Waals surface area (Å²) in [4.78, 5) is 9.19. The average molecular weight is 377 g/mol. The van der Waals surface area contributed by atoms with Crippen molar-refractivity contribution in [2.75, 3.05) is 19.5 Å². The lowest BCUT2D eigenvalue weighted by molar-refractivity contribution is 0.356. The van der Waals surface area contributed by atoms with Gasteiger partial charge in [0.1, 0.15) is 11.6 Å². The van der Waals surface area contributed by atoms with Gasteiger partial charge in [-0.25, -0.2) is 9.97 Å². The van der Waals surface area contributed by atoms with Crippen molar-refractivity contribution in [2.24, 2.45) is 7.05 Å². The summed E-state index contributed by atoms with van der Waals surface area (Å²) in [5.41, 5.74) is 2.90. The van der Waals surface area contributed by atoms with E-state index >= 15 is 0 Å². The summed E-state index contributed by atoms with van der Waals surface area (Å²) in [7, 11) is 5.17. The molecule has 4 aromatic rings. The largest absolute Gasteiger partial charge is 0.493 e. The normalized spacial score (nSPS) is 12.3. The van der Waals surface area contributed by atoms with Crippen molar-refractivity contribution in [1.29, 1.82) is 0 Å². The molecule has 2 heterocycles. The number of hydrogen-bond acceptors (Lipinski definition) is 6. The molecule has 0 saturated heterocycles. The lowest BCUT2D eigenvalue weighted by atomic mass is 10.1. The zero-order valence-electron chi connectivity index (χ0n) is 16.6. The molecule has 4 rings (SSSR count). The van der Waals surface area contributed by atoms with E-state index in [1.165, 1.54) is 0 Å². The molecule has 0 aliphatic carbocycles. The van der Waals surface area contributed by atoms with Crippen molar-refractivity contribution >= 4 is 27.6 Å². The van der Waals surface area contributed by atoms with E-state index in [0.29, 0.717) is 17.3 Å². The summed E-state index contributed by atoms with van der Waals surface area (Å²) in [5.74, 6) is 2.73. The highest BCUT2D eigenvalue weighted by Crippen LogP contribution is 2.35. The fourth-order valence-corrected chi connectivity index (χ4v) is 3.50. The van der Waals surface area contributed by atoms with Crippen molar-refractivity contribution < 1.29 is 9.47 Å². The van der Waals surface area contributed by atoms with Gasteiger partial charge in [0, 0.05) is 35.6 Å². The van der Waals surface area contributed by atoms with Gasteiger partial charge in [0.15, 0.2) is 11.5 Å². The molecule has 7 nitrogen and oxygen atoms in total. The van der Waals surface area contributed by atoms with E-state index in [0.717, 1.165) is 33.2 Å². The van der Waals surface area contributed by atoms with E-state index in [9.17, 15) is 0 Å². The molecule has 0 spiro atoms. The SMILES string of the molecule is COc1cc2nc(C)nc(NC(C)c3cccc4cn(C)nc34)c2cc1OC. The molecule has 28 heavy (non-hydrogen) atoms. The molecule has 0 aliphatic rings. The quantitative estimate of drug-likeness (QED) is 0.566. The molecule has 0 aliphatic heterocycles. The number of hydrogen-bond donors (Lipinski definition) is 1. The molecule has 0 saturated carbocycles. The van der Waals surface area contributed by atoms with Crippen molar-refractivity contribution in [2.45, 2.75) is 19.9 Å². The van der Waals surface area contributed by atoms with Crippen molar-refractivity contribution in [3.8, 4) is 11.5 Å². The second-order valence-electron chi connectivity index (χ2n) is 6.80. The van der Waals surface area contributed by atoms with Crippen LogP contribution in [0, 0.1) is 6.92 Å². The highest BCUT2D eigenvalue weighted by atomic mass is 16.5. The van der Waals surface area contributed by atoms with Crippen molar-refractivity contribution in [1.82, 2.24) is 19.7 Å². The number of methoxy groups -OCH3 is 2. The van der Waals surface area contributed by atoms with Crippen LogP contribution < -0.4 is 14.8 Å². The summed E-state index contributed by atoms with van der Waals surface area (Å²) in [6, 6.07) is 9.99. The van der Waals surface area contributed by atoms with Crippen LogP contribution in [0.1, 0.15) is 24.4 Å². The smallest absolute Gasteiger partial charge is 0.162 e. The van der Waals surface area contributed by atoms with Crippen LogP contribution >= 0.6 is 0 Å². The number of rotatable bonds is 5. The summed E-state index contributed by atoms with van der Waals surface area (Å²) in [6.45, 7) is 3.99.